The van der Waals surface area contributed by atoms with Gasteiger partial charge in [-0.25, -0.2) is 9.59 Å². The Morgan fingerprint density at radius 2 is 1.32 bits per heavy atom. The van der Waals surface area contributed by atoms with Crippen LogP contribution in [-0.2, 0) is 0 Å². The summed E-state index contributed by atoms with van der Waals surface area (Å²) in [6, 6.07) is 20.6. The first-order chi connectivity index (χ1) is 18.1. The highest BCUT2D eigenvalue weighted by Crippen LogP contribution is 2.28. The summed E-state index contributed by atoms with van der Waals surface area (Å²) in [7, 11) is 3.04. The Kier molecular flexibility index (Phi) is 9.18. The van der Waals surface area contributed by atoms with Gasteiger partial charge in [-0.3, -0.25) is 0 Å². The molecule has 196 valence electrons. The maximum Gasteiger partial charge on any atom is 0.344 e. The normalized spacial score (nSPS) is 10.1. The van der Waals surface area contributed by atoms with Crippen LogP contribution >= 0.6 is 15.9 Å². The lowest BCUT2D eigenvalue weighted by Crippen LogP contribution is -2.00. The van der Waals surface area contributed by atoms with Gasteiger partial charge in [-0.15, -0.1) is 0 Å². The third kappa shape index (κ3) is 6.95. The fraction of sp³-hybridized carbons (Fsp3) is 0.0714. The summed E-state index contributed by atoms with van der Waals surface area (Å²) in [4.78, 5) is 22.5. The molecule has 0 saturated carbocycles. The number of aromatic carboxylic acids is 1. The molecule has 5 rings (SSSR count). The minimum absolute atomic E-state index is 0.0681. The van der Waals surface area contributed by atoms with Crippen LogP contribution in [0, 0.1) is 0 Å². The van der Waals surface area contributed by atoms with Crippen LogP contribution in [0.3, 0.4) is 0 Å². The Hall–Kier alpha value is -4.70. The number of rotatable bonds is 3. The van der Waals surface area contributed by atoms with E-state index in [1.54, 1.807) is 49.6 Å². The van der Waals surface area contributed by atoms with E-state index >= 15 is 0 Å². The molecule has 0 atom stereocenters. The number of aromatic hydroxyl groups is 3. The molecule has 0 unspecified atom stereocenters. The smallest absolute Gasteiger partial charge is 0.344 e. The average molecular weight is 583 g/mol. The van der Waals surface area contributed by atoms with Crippen LogP contribution in [0.15, 0.2) is 92.5 Å². The van der Waals surface area contributed by atoms with Crippen LogP contribution in [0.25, 0.3) is 21.7 Å². The van der Waals surface area contributed by atoms with Crippen molar-refractivity contribution in [3.05, 3.63) is 99.3 Å². The number of ether oxygens (including phenoxy) is 2. The second-order valence-corrected chi connectivity index (χ2v) is 8.51. The van der Waals surface area contributed by atoms with Gasteiger partial charge in [0.2, 0.25) is 0 Å². The molecule has 38 heavy (non-hydrogen) atoms. The van der Waals surface area contributed by atoms with Gasteiger partial charge in [-0.2, -0.15) is 0 Å². The zero-order chi connectivity index (χ0) is 27.8. The quantitative estimate of drug-likeness (QED) is 0.150. The first-order valence-corrected chi connectivity index (χ1v) is 11.7. The first-order valence-electron chi connectivity index (χ1n) is 10.9. The van der Waals surface area contributed by atoms with E-state index in [1.807, 2.05) is 6.07 Å². The Balaban J connectivity index is 0.000000173. The predicted octanol–water partition coefficient (Wildman–Crippen LogP) is 5.91. The monoisotopic (exact) mass is 582 g/mol. The number of carboxylic acids is 1. The van der Waals surface area contributed by atoms with Crippen LogP contribution in [0.2, 0.25) is 0 Å². The Bertz CT molecular complexity index is 1630. The number of benzene rings is 4. The molecule has 1 heterocycles. The molecule has 0 aliphatic heterocycles. The number of hydrogen-bond donors (Lipinski definition) is 4. The number of fused-ring (bicyclic) bond motifs is 3. The molecular weight excluding hydrogens is 560 g/mol. The van der Waals surface area contributed by atoms with Gasteiger partial charge in [0.05, 0.1) is 25.2 Å². The Morgan fingerprint density at radius 3 is 1.89 bits per heavy atom. The van der Waals surface area contributed by atoms with Gasteiger partial charge in [-0.05, 0) is 76.6 Å². The zero-order valence-corrected chi connectivity index (χ0v) is 21.8. The number of carbonyl (C=O) groups is 1. The zero-order valence-electron chi connectivity index (χ0n) is 20.2. The molecule has 0 bridgehead atoms. The summed E-state index contributed by atoms with van der Waals surface area (Å²) in [6.45, 7) is 0. The molecule has 5 aromatic rings. The minimum atomic E-state index is -0.972. The summed E-state index contributed by atoms with van der Waals surface area (Å²) in [5.41, 5.74) is 0.133. The van der Waals surface area contributed by atoms with Crippen LogP contribution in [0.1, 0.15) is 10.4 Å². The van der Waals surface area contributed by atoms with E-state index in [4.69, 9.17) is 29.2 Å². The van der Waals surface area contributed by atoms with Crippen molar-refractivity contribution >= 4 is 43.6 Å². The van der Waals surface area contributed by atoms with Crippen molar-refractivity contribution in [2.75, 3.05) is 14.2 Å². The topological polar surface area (TPSA) is 147 Å². The SMILES string of the molecule is COc1ccc(Br)c(C(=O)O)c1.COc1ccc2c(c1)c(=O)oc1cc(O)ccc12.Oc1cccc(O)c1. The second kappa shape index (κ2) is 12.5. The number of phenols is 3. The van der Waals surface area contributed by atoms with Crippen molar-refractivity contribution < 1.29 is 39.1 Å². The summed E-state index contributed by atoms with van der Waals surface area (Å²) < 4.78 is 15.7. The van der Waals surface area contributed by atoms with E-state index in [-0.39, 0.29) is 22.8 Å². The highest BCUT2D eigenvalue weighted by Gasteiger charge is 2.09. The summed E-state index contributed by atoms with van der Waals surface area (Å²) in [6.07, 6.45) is 0. The molecule has 10 heteroatoms. The van der Waals surface area contributed by atoms with Crippen molar-refractivity contribution in [1.82, 2.24) is 0 Å². The predicted molar refractivity (Wildman–Crippen MR) is 146 cm³/mol. The molecule has 4 aromatic carbocycles. The van der Waals surface area contributed by atoms with Crippen LogP contribution in [-0.4, -0.2) is 40.6 Å². The fourth-order valence-electron chi connectivity index (χ4n) is 3.32. The van der Waals surface area contributed by atoms with E-state index in [2.05, 4.69) is 15.9 Å². The van der Waals surface area contributed by atoms with Crippen molar-refractivity contribution in [1.29, 1.82) is 0 Å². The molecule has 0 saturated heterocycles. The maximum atomic E-state index is 11.9. The van der Waals surface area contributed by atoms with Crippen molar-refractivity contribution in [2.45, 2.75) is 0 Å². The van der Waals surface area contributed by atoms with Crippen molar-refractivity contribution in [3.8, 4) is 28.7 Å². The summed E-state index contributed by atoms with van der Waals surface area (Å²) in [5.74, 6) is 0.415. The van der Waals surface area contributed by atoms with Crippen molar-refractivity contribution in [3.63, 3.8) is 0 Å². The Morgan fingerprint density at radius 1 is 0.737 bits per heavy atom. The van der Waals surface area contributed by atoms with Gasteiger partial charge >= 0.3 is 11.6 Å². The minimum Gasteiger partial charge on any atom is -0.508 e. The lowest BCUT2D eigenvalue weighted by Gasteiger charge is -2.04. The van der Waals surface area contributed by atoms with Gasteiger partial charge < -0.3 is 34.3 Å². The molecule has 9 nitrogen and oxygen atoms in total. The van der Waals surface area contributed by atoms with E-state index in [0.29, 0.717) is 26.9 Å². The highest BCUT2D eigenvalue weighted by molar-refractivity contribution is 9.10. The van der Waals surface area contributed by atoms with Crippen molar-refractivity contribution in [2.24, 2.45) is 0 Å². The first kappa shape index (κ1) is 27.9. The molecule has 0 fully saturated rings. The molecule has 4 N–H and O–H groups in total. The highest BCUT2D eigenvalue weighted by atomic mass is 79.9. The second-order valence-electron chi connectivity index (χ2n) is 7.65. The molecule has 1 aromatic heterocycles. The van der Waals surface area contributed by atoms with Crippen LogP contribution in [0.5, 0.6) is 28.7 Å². The molecule has 0 spiro atoms. The number of hydrogen-bond acceptors (Lipinski definition) is 8. The van der Waals surface area contributed by atoms with Gasteiger partial charge in [0.15, 0.2) is 0 Å². The number of carboxylic acid groups (broad SMARTS) is 1. The molecule has 0 amide bonds. The lowest BCUT2D eigenvalue weighted by molar-refractivity contribution is 0.0695. The summed E-state index contributed by atoms with van der Waals surface area (Å²) in [5, 5.41) is 37.4. The van der Waals surface area contributed by atoms with E-state index in [9.17, 15) is 14.7 Å². The third-order valence-electron chi connectivity index (χ3n) is 5.14. The molecule has 0 aliphatic rings. The van der Waals surface area contributed by atoms with Gasteiger partial charge in [0.25, 0.3) is 0 Å². The number of halogens is 1. The van der Waals surface area contributed by atoms with E-state index in [0.717, 1.165) is 10.8 Å². The standard InChI is InChI=1S/C14H10O4.C8H7BrO3.C6H6O2/c1-17-9-3-5-10-11-4-2-8(15)6-13(11)18-14(16)12(10)7-9;1-12-5-2-3-7(9)6(4-5)8(10)11;7-5-2-1-3-6(8)4-5/h2-7,15H,1H3;2-4H,1H3,(H,10,11);1-4,7-8H. The van der Waals surface area contributed by atoms with E-state index < -0.39 is 11.6 Å². The molecule has 0 radical (unpaired) electrons. The largest absolute Gasteiger partial charge is 0.508 e. The van der Waals surface area contributed by atoms with Gasteiger partial charge in [0, 0.05) is 27.4 Å². The van der Waals surface area contributed by atoms with Gasteiger partial charge in [-0.1, -0.05) is 6.07 Å². The number of methoxy groups -OCH3 is 2. The van der Waals surface area contributed by atoms with Crippen LogP contribution < -0.4 is 15.1 Å². The van der Waals surface area contributed by atoms with Gasteiger partial charge in [0.1, 0.15) is 34.3 Å². The average Bonchev–Trinajstić information content (AvgIpc) is 2.89. The number of phenolic OH excluding ortho intramolecular Hbond substituents is 3. The molecular formula is C28H23BrO9. The third-order valence-corrected chi connectivity index (χ3v) is 5.83. The fourth-order valence-corrected chi connectivity index (χ4v) is 3.73. The molecule has 0 aliphatic carbocycles. The lowest BCUT2D eigenvalue weighted by atomic mass is 10.1. The van der Waals surface area contributed by atoms with Crippen LogP contribution in [0.4, 0.5) is 0 Å². The Labute approximate surface area is 224 Å². The van der Waals surface area contributed by atoms with E-state index in [1.165, 1.54) is 37.4 Å². The summed E-state index contributed by atoms with van der Waals surface area (Å²) >= 11 is 3.12. The maximum absolute atomic E-state index is 11.9.